The lowest BCUT2D eigenvalue weighted by Crippen LogP contribution is -2.37. The monoisotopic (exact) mass is 221 g/mol. The Morgan fingerprint density at radius 2 is 2.25 bits per heavy atom. The van der Waals surface area contributed by atoms with Gasteiger partial charge in [-0.3, -0.25) is 4.98 Å². The van der Waals surface area contributed by atoms with E-state index in [9.17, 15) is 0 Å². The molecule has 0 spiro atoms. The van der Waals surface area contributed by atoms with Crippen LogP contribution >= 0.6 is 0 Å². The van der Waals surface area contributed by atoms with Gasteiger partial charge >= 0.3 is 0 Å². The summed E-state index contributed by atoms with van der Waals surface area (Å²) in [5, 5.41) is 3.50. The van der Waals surface area contributed by atoms with E-state index in [2.05, 4.69) is 49.1 Å². The van der Waals surface area contributed by atoms with Crippen molar-refractivity contribution < 1.29 is 0 Å². The first kappa shape index (κ1) is 13.1. The lowest BCUT2D eigenvalue weighted by molar-refractivity contribution is 0.309. The molecule has 1 N–H and O–H groups in total. The fourth-order valence-corrected chi connectivity index (χ4v) is 1.64. The summed E-state index contributed by atoms with van der Waals surface area (Å²) in [5.41, 5.74) is 2.40. The first-order chi connectivity index (χ1) is 7.63. The molecule has 0 fully saturated rings. The van der Waals surface area contributed by atoms with Gasteiger partial charge in [0.05, 0.1) is 5.69 Å². The summed E-state index contributed by atoms with van der Waals surface area (Å²) in [5.74, 6) is 0. The van der Waals surface area contributed by atoms with E-state index in [4.69, 9.17) is 0 Å². The second-order valence-corrected chi connectivity index (χ2v) is 4.40. The van der Waals surface area contributed by atoms with Gasteiger partial charge in [0.2, 0.25) is 0 Å². The number of nitrogens with one attached hydrogen (secondary N) is 1. The molecule has 3 heteroatoms. The summed E-state index contributed by atoms with van der Waals surface area (Å²) in [6.45, 7) is 9.51. The minimum Gasteiger partial charge on any atom is -0.307 e. The van der Waals surface area contributed by atoms with Crippen molar-refractivity contribution in [2.45, 2.75) is 33.4 Å². The second kappa shape index (κ2) is 6.61. The highest BCUT2D eigenvalue weighted by atomic mass is 15.1. The molecule has 0 bridgehead atoms. The Morgan fingerprint density at radius 1 is 1.50 bits per heavy atom. The van der Waals surface area contributed by atoms with Crippen LogP contribution in [0.15, 0.2) is 18.3 Å². The molecule has 0 aliphatic rings. The molecule has 1 unspecified atom stereocenters. The van der Waals surface area contributed by atoms with Crippen LogP contribution in [0, 0.1) is 6.92 Å². The fraction of sp³-hybridized carbons (Fsp3) is 0.615. The van der Waals surface area contributed by atoms with Gasteiger partial charge < -0.3 is 10.2 Å². The van der Waals surface area contributed by atoms with E-state index < -0.39 is 0 Å². The molecule has 0 saturated carbocycles. The summed E-state index contributed by atoms with van der Waals surface area (Å²) in [6, 6.07) is 4.58. The quantitative estimate of drug-likeness (QED) is 0.794. The molecule has 0 amide bonds. The van der Waals surface area contributed by atoms with Gasteiger partial charge in [0.15, 0.2) is 0 Å². The zero-order valence-electron chi connectivity index (χ0n) is 10.8. The average Bonchev–Trinajstić information content (AvgIpc) is 2.28. The van der Waals surface area contributed by atoms with E-state index in [1.54, 1.807) is 0 Å². The molecule has 0 aromatic carbocycles. The topological polar surface area (TPSA) is 28.2 Å². The lowest BCUT2D eigenvalue weighted by Gasteiger charge is -2.20. The van der Waals surface area contributed by atoms with Crippen LogP contribution in [0.1, 0.15) is 25.1 Å². The highest BCUT2D eigenvalue weighted by molar-refractivity contribution is 5.17. The van der Waals surface area contributed by atoms with E-state index in [-0.39, 0.29) is 0 Å². The van der Waals surface area contributed by atoms with Crippen LogP contribution in [-0.4, -0.2) is 36.1 Å². The number of rotatable bonds is 6. The normalized spacial score (nSPS) is 13.1. The van der Waals surface area contributed by atoms with Gasteiger partial charge in [-0.05, 0) is 39.1 Å². The van der Waals surface area contributed by atoms with E-state index >= 15 is 0 Å². The third kappa shape index (κ3) is 4.29. The van der Waals surface area contributed by atoms with Gasteiger partial charge in [-0.15, -0.1) is 0 Å². The van der Waals surface area contributed by atoms with E-state index in [1.807, 2.05) is 12.3 Å². The number of likely N-dealkylation sites (N-methyl/N-ethyl adjacent to an activating group) is 1. The van der Waals surface area contributed by atoms with Crippen LogP contribution < -0.4 is 5.32 Å². The number of aryl methyl sites for hydroxylation is 1. The van der Waals surface area contributed by atoms with Crippen molar-refractivity contribution in [1.82, 2.24) is 15.2 Å². The maximum Gasteiger partial charge on any atom is 0.0570 e. The SMILES string of the molecule is CCN(C)CC(C)NCc1ncccc1C. The molecule has 90 valence electrons. The molecular formula is C13H23N3. The summed E-state index contributed by atoms with van der Waals surface area (Å²) >= 11 is 0. The predicted octanol–water partition coefficient (Wildman–Crippen LogP) is 1.82. The molecule has 1 heterocycles. The molecule has 1 atom stereocenters. The van der Waals surface area contributed by atoms with Crippen molar-refractivity contribution in [1.29, 1.82) is 0 Å². The van der Waals surface area contributed by atoms with E-state index in [1.165, 1.54) is 5.56 Å². The number of hydrogen-bond donors (Lipinski definition) is 1. The van der Waals surface area contributed by atoms with Crippen LogP contribution in [-0.2, 0) is 6.54 Å². The Bertz CT molecular complexity index is 312. The predicted molar refractivity (Wildman–Crippen MR) is 68.4 cm³/mol. The minimum absolute atomic E-state index is 0.492. The average molecular weight is 221 g/mol. The van der Waals surface area contributed by atoms with Crippen LogP contribution in [0.3, 0.4) is 0 Å². The standard InChI is InChI=1S/C13H23N3/c1-5-16(4)10-12(3)15-9-13-11(2)7-6-8-14-13/h6-8,12,15H,5,9-10H2,1-4H3. The van der Waals surface area contributed by atoms with Crippen LogP contribution in [0.25, 0.3) is 0 Å². The van der Waals surface area contributed by atoms with Gasteiger partial charge in [0.25, 0.3) is 0 Å². The Labute approximate surface area is 98.9 Å². The van der Waals surface area contributed by atoms with Gasteiger partial charge in [-0.2, -0.15) is 0 Å². The fourth-order valence-electron chi connectivity index (χ4n) is 1.64. The van der Waals surface area contributed by atoms with Crippen molar-refractivity contribution in [2.24, 2.45) is 0 Å². The molecule has 1 rings (SSSR count). The van der Waals surface area contributed by atoms with Gasteiger partial charge in [-0.25, -0.2) is 0 Å². The zero-order chi connectivity index (χ0) is 12.0. The molecule has 0 aliphatic heterocycles. The van der Waals surface area contributed by atoms with Crippen molar-refractivity contribution in [3.63, 3.8) is 0 Å². The molecule has 3 nitrogen and oxygen atoms in total. The van der Waals surface area contributed by atoms with Gasteiger partial charge in [0.1, 0.15) is 0 Å². The van der Waals surface area contributed by atoms with Crippen molar-refractivity contribution in [3.8, 4) is 0 Å². The maximum absolute atomic E-state index is 4.37. The molecule has 0 radical (unpaired) electrons. The van der Waals surface area contributed by atoms with Crippen LogP contribution in [0.5, 0.6) is 0 Å². The summed E-state index contributed by atoms with van der Waals surface area (Å²) in [7, 11) is 2.14. The zero-order valence-corrected chi connectivity index (χ0v) is 10.8. The third-order valence-corrected chi connectivity index (χ3v) is 2.86. The minimum atomic E-state index is 0.492. The summed E-state index contributed by atoms with van der Waals surface area (Å²) < 4.78 is 0. The van der Waals surface area contributed by atoms with E-state index in [0.717, 1.165) is 25.3 Å². The number of hydrogen-bond acceptors (Lipinski definition) is 3. The second-order valence-electron chi connectivity index (χ2n) is 4.40. The Balaban J connectivity index is 2.37. The maximum atomic E-state index is 4.37. The molecule has 0 aliphatic carbocycles. The third-order valence-electron chi connectivity index (χ3n) is 2.86. The van der Waals surface area contributed by atoms with Crippen LogP contribution in [0.2, 0.25) is 0 Å². The number of nitrogens with zero attached hydrogens (tertiary/aromatic N) is 2. The van der Waals surface area contributed by atoms with Gasteiger partial charge in [-0.1, -0.05) is 13.0 Å². The molecule has 16 heavy (non-hydrogen) atoms. The van der Waals surface area contributed by atoms with Crippen LogP contribution in [0.4, 0.5) is 0 Å². The van der Waals surface area contributed by atoms with E-state index in [0.29, 0.717) is 6.04 Å². The first-order valence-corrected chi connectivity index (χ1v) is 5.96. The Hall–Kier alpha value is -0.930. The smallest absolute Gasteiger partial charge is 0.0570 e. The lowest BCUT2D eigenvalue weighted by atomic mass is 10.2. The van der Waals surface area contributed by atoms with Crippen molar-refractivity contribution in [3.05, 3.63) is 29.6 Å². The Morgan fingerprint density at radius 3 is 2.88 bits per heavy atom. The largest absolute Gasteiger partial charge is 0.307 e. The van der Waals surface area contributed by atoms with Crippen molar-refractivity contribution >= 4 is 0 Å². The molecule has 1 aromatic rings. The first-order valence-electron chi connectivity index (χ1n) is 5.96. The molecular weight excluding hydrogens is 198 g/mol. The van der Waals surface area contributed by atoms with Gasteiger partial charge in [0, 0.05) is 25.3 Å². The highest BCUT2D eigenvalue weighted by Gasteiger charge is 2.05. The van der Waals surface area contributed by atoms with Crippen molar-refractivity contribution in [2.75, 3.05) is 20.1 Å². The summed E-state index contributed by atoms with van der Waals surface area (Å²) in [6.07, 6.45) is 1.85. The Kier molecular flexibility index (Phi) is 5.43. The highest BCUT2D eigenvalue weighted by Crippen LogP contribution is 2.02. The number of pyridine rings is 1. The summed E-state index contributed by atoms with van der Waals surface area (Å²) in [4.78, 5) is 6.68. The molecule has 0 saturated heterocycles. The molecule has 1 aromatic heterocycles. The number of aromatic nitrogens is 1.